The van der Waals surface area contributed by atoms with Gasteiger partial charge in [-0.05, 0) is 73.9 Å². The molecule has 1 aromatic carbocycles. The van der Waals surface area contributed by atoms with Gasteiger partial charge < -0.3 is 0 Å². The molecule has 0 spiro atoms. The summed E-state index contributed by atoms with van der Waals surface area (Å²) in [6.45, 7) is 5.97. The van der Waals surface area contributed by atoms with Crippen molar-refractivity contribution in [3.8, 4) is 0 Å². The first-order chi connectivity index (χ1) is 11.8. The molecule has 2 N–H and O–H groups in total. The first-order valence-electron chi connectivity index (χ1n) is 8.27. The Balaban J connectivity index is 1.70. The van der Waals surface area contributed by atoms with Gasteiger partial charge in [0.25, 0.3) is 15.9 Å². The zero-order valence-corrected chi connectivity index (χ0v) is 16.2. The number of rotatable bonds is 4. The number of carbonyl (C=O) groups excluding carboxylic acids is 1. The zero-order chi connectivity index (χ0) is 18.2. The van der Waals surface area contributed by atoms with Crippen molar-refractivity contribution in [2.24, 2.45) is 5.92 Å². The highest BCUT2D eigenvalue weighted by Crippen LogP contribution is 2.32. The molecule has 1 aliphatic rings. The molecule has 134 valence electrons. The van der Waals surface area contributed by atoms with E-state index in [9.17, 15) is 13.2 Å². The minimum atomic E-state index is -3.79. The Hall–Kier alpha value is -1.70. The van der Waals surface area contributed by atoms with Crippen molar-refractivity contribution in [1.29, 1.82) is 0 Å². The maximum absolute atomic E-state index is 12.3. The number of hydrazine groups is 1. The molecule has 0 unspecified atom stereocenters. The second kappa shape index (κ2) is 6.90. The van der Waals surface area contributed by atoms with Crippen molar-refractivity contribution in [2.45, 2.75) is 44.9 Å². The third-order valence-corrected chi connectivity index (χ3v) is 7.12. The number of thiophene rings is 1. The van der Waals surface area contributed by atoms with Crippen LogP contribution in [0.2, 0.25) is 0 Å². The summed E-state index contributed by atoms with van der Waals surface area (Å²) in [5.41, 5.74) is 5.44. The molecule has 0 bridgehead atoms. The second-order valence-corrected chi connectivity index (χ2v) is 9.53. The summed E-state index contributed by atoms with van der Waals surface area (Å²) in [6, 6.07) is 6.76. The fourth-order valence-electron chi connectivity index (χ4n) is 2.93. The van der Waals surface area contributed by atoms with E-state index in [2.05, 4.69) is 17.2 Å². The van der Waals surface area contributed by atoms with E-state index in [1.165, 1.54) is 27.8 Å². The summed E-state index contributed by atoms with van der Waals surface area (Å²) >= 11 is 1.45. The molecule has 1 heterocycles. The highest BCUT2D eigenvalue weighted by Gasteiger charge is 2.22. The molecule has 1 atom stereocenters. The van der Waals surface area contributed by atoms with Crippen LogP contribution in [0.5, 0.6) is 0 Å². The number of fused-ring (bicyclic) bond motifs is 1. The van der Waals surface area contributed by atoms with Crippen LogP contribution >= 0.6 is 11.3 Å². The van der Waals surface area contributed by atoms with E-state index in [1.54, 1.807) is 12.1 Å². The highest BCUT2D eigenvalue weighted by atomic mass is 32.2. The van der Waals surface area contributed by atoms with Gasteiger partial charge in [0.05, 0.1) is 9.77 Å². The molecule has 1 amide bonds. The lowest BCUT2D eigenvalue weighted by Gasteiger charge is -2.16. The molecule has 0 radical (unpaired) electrons. The summed E-state index contributed by atoms with van der Waals surface area (Å²) in [6.07, 6.45) is 3.10. The number of nitrogens with one attached hydrogen (secondary N) is 2. The molecular formula is C18H22N2O3S2. The van der Waals surface area contributed by atoms with E-state index in [1.807, 2.05) is 19.9 Å². The van der Waals surface area contributed by atoms with Gasteiger partial charge in [-0.1, -0.05) is 13.0 Å². The minimum Gasteiger partial charge on any atom is -0.273 e. The molecule has 5 nitrogen and oxygen atoms in total. The third kappa shape index (κ3) is 3.94. The molecule has 7 heteroatoms. The van der Waals surface area contributed by atoms with Crippen molar-refractivity contribution < 1.29 is 13.2 Å². The summed E-state index contributed by atoms with van der Waals surface area (Å²) < 4.78 is 24.7. The molecule has 0 aliphatic heterocycles. The minimum absolute atomic E-state index is 0.134. The number of amides is 1. The topological polar surface area (TPSA) is 75.3 Å². The lowest BCUT2D eigenvalue weighted by molar-refractivity contribution is 0.0949. The Morgan fingerprint density at radius 1 is 1.20 bits per heavy atom. The number of benzene rings is 1. The maximum Gasteiger partial charge on any atom is 0.276 e. The number of sulfonamides is 1. The average Bonchev–Trinajstić information content (AvgIpc) is 2.98. The van der Waals surface area contributed by atoms with E-state index in [4.69, 9.17) is 0 Å². The van der Waals surface area contributed by atoms with Gasteiger partial charge in [-0.2, -0.15) is 0 Å². The fraction of sp³-hybridized carbons (Fsp3) is 0.389. The summed E-state index contributed by atoms with van der Waals surface area (Å²) in [5.74, 6) is 0.209. The van der Waals surface area contributed by atoms with Gasteiger partial charge in [-0.15, -0.1) is 16.2 Å². The van der Waals surface area contributed by atoms with Gasteiger partial charge in [-0.3, -0.25) is 10.2 Å². The SMILES string of the molecule is Cc1ccc(S(=O)(=O)NNC(=O)c2cc3c(s2)CC[C@H](C)C3)cc1C. The van der Waals surface area contributed by atoms with E-state index >= 15 is 0 Å². The fourth-order valence-corrected chi connectivity index (χ4v) is 4.96. The second-order valence-electron chi connectivity index (χ2n) is 6.71. The van der Waals surface area contributed by atoms with Crippen LogP contribution < -0.4 is 10.3 Å². The van der Waals surface area contributed by atoms with Gasteiger partial charge in [0, 0.05) is 4.88 Å². The van der Waals surface area contributed by atoms with Gasteiger partial charge in [0.2, 0.25) is 0 Å². The predicted octanol–water partition coefficient (Wildman–Crippen LogP) is 3.11. The van der Waals surface area contributed by atoms with Crippen molar-refractivity contribution in [2.75, 3.05) is 0 Å². The maximum atomic E-state index is 12.3. The average molecular weight is 379 g/mol. The smallest absolute Gasteiger partial charge is 0.273 e. The standard InChI is InChI=1S/C18H22N2O3S2/c1-11-4-7-16-14(8-11)10-17(24-16)18(21)19-20-25(22,23)15-6-5-12(2)13(3)9-15/h5-6,9-11,20H,4,7-8H2,1-3H3,(H,19,21)/t11-/m0/s1. The van der Waals surface area contributed by atoms with Crippen LogP contribution in [0.4, 0.5) is 0 Å². The predicted molar refractivity (Wildman–Crippen MR) is 99.2 cm³/mol. The Morgan fingerprint density at radius 2 is 1.96 bits per heavy atom. The molecule has 0 saturated heterocycles. The van der Waals surface area contributed by atoms with Crippen molar-refractivity contribution in [3.63, 3.8) is 0 Å². The van der Waals surface area contributed by atoms with Crippen LogP contribution in [0.3, 0.4) is 0 Å². The van der Waals surface area contributed by atoms with E-state index < -0.39 is 15.9 Å². The van der Waals surface area contributed by atoms with Crippen molar-refractivity contribution in [3.05, 3.63) is 50.7 Å². The first kappa shape index (κ1) is 18.1. The Labute approximate surface area is 152 Å². The lowest BCUT2D eigenvalue weighted by atomic mass is 9.90. The first-order valence-corrected chi connectivity index (χ1v) is 10.6. The van der Waals surface area contributed by atoms with Crippen LogP contribution in [-0.4, -0.2) is 14.3 Å². The summed E-state index contributed by atoms with van der Waals surface area (Å²) in [7, 11) is -3.79. The molecular weight excluding hydrogens is 356 g/mol. The Bertz CT molecular complexity index is 916. The van der Waals surface area contributed by atoms with Crippen LogP contribution in [0, 0.1) is 19.8 Å². The number of carbonyl (C=O) groups is 1. The summed E-state index contributed by atoms with van der Waals surface area (Å²) in [4.78, 5) is 16.4. The van der Waals surface area contributed by atoms with Crippen LogP contribution in [-0.2, 0) is 22.9 Å². The van der Waals surface area contributed by atoms with E-state index in [0.29, 0.717) is 10.8 Å². The lowest BCUT2D eigenvalue weighted by Crippen LogP contribution is -2.41. The normalized spacial score (nSPS) is 17.2. The van der Waals surface area contributed by atoms with E-state index in [0.717, 1.165) is 30.4 Å². The quantitative estimate of drug-likeness (QED) is 0.803. The number of hydrogen-bond donors (Lipinski definition) is 2. The molecule has 0 fully saturated rings. The molecule has 3 rings (SSSR count). The van der Waals surface area contributed by atoms with Crippen LogP contribution in [0.25, 0.3) is 0 Å². The van der Waals surface area contributed by atoms with E-state index in [-0.39, 0.29) is 4.90 Å². The zero-order valence-electron chi connectivity index (χ0n) is 14.5. The van der Waals surface area contributed by atoms with Gasteiger partial charge in [0.1, 0.15) is 0 Å². The van der Waals surface area contributed by atoms with Gasteiger partial charge >= 0.3 is 0 Å². The van der Waals surface area contributed by atoms with Crippen molar-refractivity contribution in [1.82, 2.24) is 10.3 Å². The molecule has 2 aromatic rings. The third-order valence-electron chi connectivity index (χ3n) is 4.64. The van der Waals surface area contributed by atoms with Crippen LogP contribution in [0.15, 0.2) is 29.2 Å². The monoisotopic (exact) mass is 378 g/mol. The highest BCUT2D eigenvalue weighted by molar-refractivity contribution is 7.89. The molecule has 25 heavy (non-hydrogen) atoms. The molecule has 1 aromatic heterocycles. The van der Waals surface area contributed by atoms with Crippen LogP contribution in [0.1, 0.15) is 44.6 Å². The largest absolute Gasteiger partial charge is 0.276 e. The Morgan fingerprint density at radius 3 is 2.68 bits per heavy atom. The number of aryl methyl sites for hydroxylation is 3. The number of hydrogen-bond acceptors (Lipinski definition) is 4. The summed E-state index contributed by atoms with van der Waals surface area (Å²) in [5, 5.41) is 0. The molecule has 1 aliphatic carbocycles. The van der Waals surface area contributed by atoms with Crippen molar-refractivity contribution >= 4 is 27.3 Å². The van der Waals surface area contributed by atoms with Gasteiger partial charge in [0.15, 0.2) is 0 Å². The Kier molecular flexibility index (Phi) is 4.99. The molecule has 0 saturated carbocycles. The van der Waals surface area contributed by atoms with Gasteiger partial charge in [-0.25, -0.2) is 8.42 Å².